The van der Waals surface area contributed by atoms with Gasteiger partial charge in [0.25, 0.3) is 0 Å². The average Bonchev–Trinajstić information content (AvgIpc) is 3.38. The first-order chi connectivity index (χ1) is 13.6. The predicted molar refractivity (Wildman–Crippen MR) is 102 cm³/mol. The van der Waals surface area contributed by atoms with Crippen molar-refractivity contribution in [1.29, 1.82) is 0 Å². The molecule has 2 aromatic rings. The van der Waals surface area contributed by atoms with Crippen LogP contribution in [-0.4, -0.2) is 27.9 Å². The van der Waals surface area contributed by atoms with Crippen LogP contribution < -0.4 is 0 Å². The van der Waals surface area contributed by atoms with Crippen molar-refractivity contribution in [2.45, 2.75) is 57.0 Å². The Kier molecular flexibility index (Phi) is 3.72. The molecule has 152 valence electrons. The summed E-state index contributed by atoms with van der Waals surface area (Å²) in [6.45, 7) is 3.80. The molecule has 3 aliphatic rings. The fourth-order valence-electron chi connectivity index (χ4n) is 5.25. The van der Waals surface area contributed by atoms with Gasteiger partial charge in [-0.3, -0.25) is 9.89 Å². The zero-order chi connectivity index (χ0) is 20.6. The summed E-state index contributed by atoms with van der Waals surface area (Å²) in [6.07, 6.45) is -2.59. The molecule has 0 spiro atoms. The molecule has 1 aromatic heterocycles. The normalized spacial score (nSPS) is 28.5. The number of fused-ring (bicyclic) bond motifs is 2. The predicted octanol–water partition coefficient (Wildman–Crippen LogP) is 5.23. The molecule has 5 rings (SSSR count). The first-order valence-electron chi connectivity index (χ1n) is 9.96. The highest BCUT2D eigenvalue weighted by Crippen LogP contribution is 2.61. The lowest BCUT2D eigenvalue weighted by molar-refractivity contribution is -0.190. The van der Waals surface area contributed by atoms with Gasteiger partial charge in [0.1, 0.15) is 11.2 Å². The van der Waals surface area contributed by atoms with Gasteiger partial charge in [-0.25, -0.2) is 4.99 Å². The van der Waals surface area contributed by atoms with Gasteiger partial charge in [0.2, 0.25) is 0 Å². The number of nitrogens with one attached hydrogen (secondary N) is 1. The number of nitrogens with zero attached hydrogens (tertiary/aromatic N) is 2. The lowest BCUT2D eigenvalue weighted by Gasteiger charge is -2.48. The van der Waals surface area contributed by atoms with Crippen molar-refractivity contribution in [3.8, 4) is 0 Å². The largest absolute Gasteiger partial charge is 0.403 e. The molecule has 2 unspecified atom stereocenters. The first-order valence-corrected chi connectivity index (χ1v) is 9.96. The summed E-state index contributed by atoms with van der Waals surface area (Å²) < 4.78 is 45.6. The minimum absolute atomic E-state index is 0.0172. The van der Waals surface area contributed by atoms with Crippen molar-refractivity contribution in [2.75, 3.05) is 0 Å². The monoisotopic (exact) mass is 401 g/mol. The number of halogens is 3. The second kappa shape index (κ2) is 5.80. The van der Waals surface area contributed by atoms with Crippen LogP contribution in [0.5, 0.6) is 0 Å². The summed E-state index contributed by atoms with van der Waals surface area (Å²) >= 11 is 0. The molecule has 0 bridgehead atoms. The minimum atomic E-state index is -4.68. The SMILES string of the molecule is CC1(C)CC(=O)C2C(=Nc3n[nH]c(C4CC4)c3C2(c2ccccc2)C(F)(F)F)C1. The number of hydrogen-bond donors (Lipinski definition) is 1. The zero-order valence-corrected chi connectivity index (χ0v) is 16.3. The van der Waals surface area contributed by atoms with Crippen LogP contribution in [0.25, 0.3) is 0 Å². The molecular weight excluding hydrogens is 379 g/mol. The number of Topliss-reactive ketones (excluding diaryl/α,β-unsaturated/α-hetero) is 1. The molecule has 0 saturated heterocycles. The van der Waals surface area contributed by atoms with E-state index in [1.54, 1.807) is 18.2 Å². The highest BCUT2D eigenvalue weighted by molar-refractivity contribution is 6.12. The van der Waals surface area contributed by atoms with E-state index in [4.69, 9.17) is 0 Å². The molecule has 7 heteroatoms. The van der Waals surface area contributed by atoms with Crippen LogP contribution in [0.4, 0.5) is 19.0 Å². The zero-order valence-electron chi connectivity index (χ0n) is 16.3. The quantitative estimate of drug-likeness (QED) is 0.749. The number of aromatic amines is 1. The molecule has 1 aromatic carbocycles. The Morgan fingerprint density at radius 1 is 1.10 bits per heavy atom. The molecule has 1 aliphatic heterocycles. The van der Waals surface area contributed by atoms with E-state index in [0.29, 0.717) is 17.8 Å². The summed E-state index contributed by atoms with van der Waals surface area (Å²) in [5.74, 6) is -1.64. The maximum absolute atomic E-state index is 15.2. The van der Waals surface area contributed by atoms with Crippen LogP contribution in [0.15, 0.2) is 35.3 Å². The Morgan fingerprint density at radius 3 is 2.41 bits per heavy atom. The van der Waals surface area contributed by atoms with E-state index >= 15 is 13.2 Å². The van der Waals surface area contributed by atoms with E-state index in [2.05, 4.69) is 15.2 Å². The number of aliphatic imine (C=N–C) groups is 1. The van der Waals surface area contributed by atoms with Crippen molar-refractivity contribution >= 4 is 17.3 Å². The van der Waals surface area contributed by atoms with Gasteiger partial charge >= 0.3 is 6.18 Å². The van der Waals surface area contributed by atoms with Gasteiger partial charge in [-0.1, -0.05) is 44.2 Å². The Balaban J connectivity index is 1.88. The van der Waals surface area contributed by atoms with Gasteiger partial charge in [-0.2, -0.15) is 18.3 Å². The van der Waals surface area contributed by atoms with Crippen molar-refractivity contribution in [1.82, 2.24) is 10.2 Å². The molecule has 4 nitrogen and oxygen atoms in total. The number of ketones is 1. The van der Waals surface area contributed by atoms with Crippen LogP contribution in [0.1, 0.15) is 62.3 Å². The molecule has 0 amide bonds. The second-order valence-corrected chi connectivity index (χ2v) is 9.30. The summed E-state index contributed by atoms with van der Waals surface area (Å²) in [5, 5.41) is 7.04. The van der Waals surface area contributed by atoms with Crippen molar-refractivity contribution in [3.63, 3.8) is 0 Å². The van der Waals surface area contributed by atoms with E-state index in [9.17, 15) is 4.79 Å². The van der Waals surface area contributed by atoms with Crippen LogP contribution in [-0.2, 0) is 10.2 Å². The van der Waals surface area contributed by atoms with Crippen molar-refractivity contribution < 1.29 is 18.0 Å². The third-order valence-corrected chi connectivity index (χ3v) is 6.48. The topological polar surface area (TPSA) is 58.1 Å². The summed E-state index contributed by atoms with van der Waals surface area (Å²) in [5.41, 5.74) is -1.95. The van der Waals surface area contributed by atoms with Gasteiger partial charge in [0, 0.05) is 29.3 Å². The van der Waals surface area contributed by atoms with E-state index in [-0.39, 0.29) is 29.3 Å². The van der Waals surface area contributed by atoms with Gasteiger partial charge < -0.3 is 0 Å². The molecular formula is C22H22F3N3O. The molecule has 1 N–H and O–H groups in total. The highest BCUT2D eigenvalue weighted by Gasteiger charge is 2.69. The lowest BCUT2D eigenvalue weighted by Crippen LogP contribution is -2.59. The van der Waals surface area contributed by atoms with Crippen LogP contribution in [0, 0.1) is 11.3 Å². The van der Waals surface area contributed by atoms with Crippen LogP contribution in [0.2, 0.25) is 0 Å². The molecule has 2 heterocycles. The molecule has 0 radical (unpaired) electrons. The van der Waals surface area contributed by atoms with Gasteiger partial charge in [0.15, 0.2) is 5.82 Å². The standard InChI is InChI=1S/C22H22F3N3O/c1-20(2)10-14-16(15(29)11-20)21(22(23,24)25,13-6-4-3-5-7-13)17-18(12-8-9-12)27-28-19(17)26-14/h3-7,12,16H,8-11H2,1-2H3,(H,27,28). The Hall–Kier alpha value is -2.44. The third kappa shape index (κ3) is 2.55. The molecule has 2 atom stereocenters. The molecule has 29 heavy (non-hydrogen) atoms. The summed E-state index contributed by atoms with van der Waals surface area (Å²) in [7, 11) is 0. The smallest absolute Gasteiger partial charge is 0.299 e. The number of hydrogen-bond acceptors (Lipinski definition) is 3. The van der Waals surface area contributed by atoms with E-state index in [0.717, 1.165) is 12.8 Å². The van der Waals surface area contributed by atoms with Crippen molar-refractivity contribution in [2.24, 2.45) is 16.3 Å². The number of rotatable bonds is 2. The molecule has 2 aliphatic carbocycles. The number of alkyl halides is 3. The van der Waals surface area contributed by atoms with E-state index in [1.165, 1.54) is 12.1 Å². The minimum Gasteiger partial charge on any atom is -0.299 e. The maximum atomic E-state index is 15.2. The lowest BCUT2D eigenvalue weighted by atomic mass is 9.55. The van der Waals surface area contributed by atoms with Gasteiger partial charge in [-0.15, -0.1) is 0 Å². The van der Waals surface area contributed by atoms with Gasteiger partial charge in [0.05, 0.1) is 5.92 Å². The van der Waals surface area contributed by atoms with Crippen molar-refractivity contribution in [3.05, 3.63) is 47.2 Å². The number of benzene rings is 1. The Morgan fingerprint density at radius 2 is 1.79 bits per heavy atom. The highest BCUT2D eigenvalue weighted by atomic mass is 19.4. The number of carbonyl (C=O) groups is 1. The summed E-state index contributed by atoms with van der Waals surface area (Å²) in [6, 6.07) is 7.85. The molecule has 2 fully saturated rings. The van der Waals surface area contributed by atoms with E-state index < -0.39 is 28.7 Å². The number of carbonyl (C=O) groups excluding carboxylic acids is 1. The average molecular weight is 401 g/mol. The van der Waals surface area contributed by atoms with E-state index in [1.807, 2.05) is 13.8 Å². The van der Waals surface area contributed by atoms with Crippen LogP contribution in [0.3, 0.4) is 0 Å². The fourth-order valence-corrected chi connectivity index (χ4v) is 5.25. The Bertz CT molecular complexity index is 1020. The second-order valence-electron chi connectivity index (χ2n) is 9.30. The molecule has 2 saturated carbocycles. The third-order valence-electron chi connectivity index (χ3n) is 6.48. The maximum Gasteiger partial charge on any atom is 0.403 e. The van der Waals surface area contributed by atoms with Crippen LogP contribution >= 0.6 is 0 Å². The summed E-state index contributed by atoms with van der Waals surface area (Å²) in [4.78, 5) is 17.8. The first kappa shape index (κ1) is 18.6. The van der Waals surface area contributed by atoms with Gasteiger partial charge in [-0.05, 0) is 30.2 Å². The Labute approximate surface area is 166 Å². The number of H-pyrrole nitrogens is 1. The number of aromatic nitrogens is 2. The fraction of sp³-hybridized carbons (Fsp3) is 0.500.